The number of nitrogens with zero attached hydrogens (tertiary/aromatic N) is 3. The zero-order valence-corrected chi connectivity index (χ0v) is 38.3. The standard InChI is InChI=1S/C53H63N3O10/c1-5-26-55(52(59)62-34-38-14-8-7-9-15-38)49-33-47(54-64-35-39-19-21-41(22-20-39)56(60)61)45-31-40(16-10-12-27-57)44(17-11-13-28-58)50-46-32-43(65-42-23-18-36(3)37(4)30-42)24-25-48(46)66-53(49,51(45)50)63-29-6-2/h6-9,14-15,18-25,30-32,40,44,49-51,57-58H,2,5,10-13,16-17,26-29,33-35H2,1,3-4H3/t40-,44+,49-,50+,51+,53+/m0/s1. The normalized spacial score (nSPS) is 22.3. The van der Waals surface area contributed by atoms with Crippen molar-refractivity contribution < 1.29 is 43.7 Å². The Morgan fingerprint density at radius 1 is 0.924 bits per heavy atom. The third-order valence-corrected chi connectivity index (χ3v) is 13.2. The Morgan fingerprint density at radius 2 is 1.64 bits per heavy atom. The van der Waals surface area contributed by atoms with E-state index in [-0.39, 0.29) is 62.9 Å². The molecule has 0 unspecified atom stereocenters. The Hall–Kier alpha value is -6.02. The number of unbranched alkanes of at least 4 members (excludes halogenated alkanes) is 2. The number of nitro benzene ring substituents is 1. The fourth-order valence-corrected chi connectivity index (χ4v) is 9.94. The first kappa shape index (κ1) is 47.9. The average molecular weight is 902 g/mol. The van der Waals surface area contributed by atoms with Crippen molar-refractivity contribution in [1.29, 1.82) is 0 Å². The molecule has 4 aromatic carbocycles. The highest BCUT2D eigenvalue weighted by Crippen LogP contribution is 2.62. The number of carbonyl (C=O) groups is 1. The van der Waals surface area contributed by atoms with Gasteiger partial charge in [-0.05, 0) is 128 Å². The number of aliphatic hydroxyl groups excluding tert-OH is 2. The highest BCUT2D eigenvalue weighted by atomic mass is 16.7. The van der Waals surface area contributed by atoms with Gasteiger partial charge in [0.1, 0.15) is 36.5 Å². The molecule has 2 aliphatic carbocycles. The van der Waals surface area contributed by atoms with Crippen LogP contribution >= 0.6 is 0 Å². The number of fused-ring (bicyclic) bond motifs is 2. The van der Waals surface area contributed by atoms with Crippen LogP contribution < -0.4 is 9.47 Å². The summed E-state index contributed by atoms with van der Waals surface area (Å²) in [4.78, 5) is 33.5. The molecule has 6 atom stereocenters. The van der Waals surface area contributed by atoms with E-state index in [2.05, 4.69) is 32.6 Å². The Morgan fingerprint density at radius 3 is 2.33 bits per heavy atom. The minimum atomic E-state index is -1.46. The molecule has 0 radical (unpaired) electrons. The summed E-state index contributed by atoms with van der Waals surface area (Å²) >= 11 is 0. The number of allylic oxidation sites excluding steroid dienone is 1. The van der Waals surface area contributed by atoms with Gasteiger partial charge in [-0.25, -0.2) is 4.79 Å². The number of ether oxygens (including phenoxy) is 4. The first-order chi connectivity index (χ1) is 32.1. The molecule has 13 heteroatoms. The summed E-state index contributed by atoms with van der Waals surface area (Å²) in [6.45, 7) is 10.9. The molecule has 1 saturated carbocycles. The summed E-state index contributed by atoms with van der Waals surface area (Å²) in [5.41, 5.74) is 6.26. The average Bonchev–Trinajstić information content (AvgIpc) is 3.32. The van der Waals surface area contributed by atoms with E-state index < -0.39 is 28.8 Å². The molecule has 4 aromatic rings. The fourth-order valence-electron chi connectivity index (χ4n) is 9.94. The second-order valence-electron chi connectivity index (χ2n) is 17.6. The fraction of sp³-hybridized carbons (Fsp3) is 0.434. The van der Waals surface area contributed by atoms with Crippen molar-refractivity contribution in [3.8, 4) is 17.2 Å². The van der Waals surface area contributed by atoms with Gasteiger partial charge in [0.15, 0.2) is 0 Å². The Balaban J connectivity index is 1.41. The van der Waals surface area contributed by atoms with Crippen molar-refractivity contribution >= 4 is 17.5 Å². The number of nitro groups is 1. The van der Waals surface area contributed by atoms with Gasteiger partial charge >= 0.3 is 6.09 Å². The molecule has 1 aliphatic heterocycles. The summed E-state index contributed by atoms with van der Waals surface area (Å²) in [5, 5.41) is 36.3. The first-order valence-electron chi connectivity index (χ1n) is 23.3. The third-order valence-electron chi connectivity index (χ3n) is 13.2. The van der Waals surface area contributed by atoms with Crippen LogP contribution in [-0.4, -0.2) is 70.0 Å². The van der Waals surface area contributed by atoms with Crippen molar-refractivity contribution in [2.24, 2.45) is 22.9 Å². The number of rotatable bonds is 22. The summed E-state index contributed by atoms with van der Waals surface area (Å²) < 4.78 is 27.1. The zero-order valence-electron chi connectivity index (χ0n) is 38.3. The van der Waals surface area contributed by atoms with Crippen LogP contribution in [0.3, 0.4) is 0 Å². The monoisotopic (exact) mass is 901 g/mol. The van der Waals surface area contributed by atoms with Gasteiger partial charge in [-0.15, -0.1) is 6.58 Å². The van der Waals surface area contributed by atoms with Crippen molar-refractivity contribution in [3.63, 3.8) is 0 Å². The van der Waals surface area contributed by atoms with Gasteiger partial charge in [-0.2, -0.15) is 0 Å². The van der Waals surface area contributed by atoms with E-state index >= 15 is 0 Å². The van der Waals surface area contributed by atoms with Crippen molar-refractivity contribution in [2.75, 3.05) is 26.4 Å². The van der Waals surface area contributed by atoms with Crippen LogP contribution in [0, 0.1) is 41.7 Å². The lowest BCUT2D eigenvalue weighted by Crippen LogP contribution is -2.70. The van der Waals surface area contributed by atoms with Crippen LogP contribution in [0.2, 0.25) is 0 Å². The van der Waals surface area contributed by atoms with Crippen molar-refractivity contribution in [1.82, 2.24) is 4.90 Å². The quantitative estimate of drug-likeness (QED) is 0.0336. The highest BCUT2D eigenvalue weighted by molar-refractivity contribution is 6.03. The number of carbonyl (C=O) groups excluding carboxylic acids is 1. The number of non-ortho nitro benzene ring substituents is 1. The predicted octanol–water partition coefficient (Wildman–Crippen LogP) is 10.9. The molecule has 0 saturated heterocycles. The van der Waals surface area contributed by atoms with Gasteiger partial charge in [0, 0.05) is 49.8 Å². The number of oxime groups is 1. The second-order valence-corrected chi connectivity index (χ2v) is 17.6. The molecular formula is C53H63N3O10. The summed E-state index contributed by atoms with van der Waals surface area (Å²) in [6.07, 6.45) is 8.68. The maximum absolute atomic E-state index is 14.6. The molecule has 1 amide bonds. The van der Waals surface area contributed by atoms with E-state index in [4.69, 9.17) is 28.9 Å². The smallest absolute Gasteiger partial charge is 0.410 e. The lowest BCUT2D eigenvalue weighted by molar-refractivity contribution is -0.384. The van der Waals surface area contributed by atoms with Crippen LogP contribution in [0.1, 0.15) is 92.0 Å². The molecule has 350 valence electrons. The van der Waals surface area contributed by atoms with E-state index in [1.54, 1.807) is 23.1 Å². The molecule has 13 nitrogen and oxygen atoms in total. The SMILES string of the molecule is C=CCO[C@@]12Oc3ccc(Oc4ccc(C)c(C)c4)cc3[C@H]3[C@H](CCCCO)[C@@H](CCCCO)C=C(C(=NOCc4ccc([N+](=O)[O-])cc4)C[C@@H]1N(CCC)C(=O)OCc1ccccc1)[C@H]32. The molecule has 0 aromatic heterocycles. The maximum atomic E-state index is 14.6. The lowest BCUT2D eigenvalue weighted by atomic mass is 9.55. The highest BCUT2D eigenvalue weighted by Gasteiger charge is 2.65. The molecule has 7 rings (SSSR count). The van der Waals surface area contributed by atoms with E-state index in [9.17, 15) is 25.1 Å². The lowest BCUT2D eigenvalue weighted by Gasteiger charge is -2.59. The predicted molar refractivity (Wildman–Crippen MR) is 252 cm³/mol. The molecule has 1 heterocycles. The van der Waals surface area contributed by atoms with Crippen LogP contribution in [-0.2, 0) is 27.5 Å². The largest absolute Gasteiger partial charge is 0.459 e. The van der Waals surface area contributed by atoms with Crippen LogP contribution in [0.15, 0.2) is 120 Å². The molecule has 0 spiro atoms. The van der Waals surface area contributed by atoms with Crippen LogP contribution in [0.4, 0.5) is 10.5 Å². The first-order valence-corrected chi connectivity index (χ1v) is 23.3. The summed E-state index contributed by atoms with van der Waals surface area (Å²) in [6, 6.07) is 26.9. The van der Waals surface area contributed by atoms with Gasteiger partial charge in [-0.1, -0.05) is 73.5 Å². The molecule has 2 N–H and O–H groups in total. The number of hydrogen-bond acceptors (Lipinski definition) is 11. The van der Waals surface area contributed by atoms with E-state index in [0.717, 1.165) is 47.9 Å². The Kier molecular flexibility index (Phi) is 16.3. The number of aryl methyl sites for hydroxylation is 2. The Bertz CT molecular complexity index is 2350. The van der Waals surface area contributed by atoms with Gasteiger partial charge in [0.25, 0.3) is 5.69 Å². The van der Waals surface area contributed by atoms with Gasteiger partial charge in [0.2, 0.25) is 5.79 Å². The molecule has 0 bridgehead atoms. The molecule has 3 aliphatic rings. The maximum Gasteiger partial charge on any atom is 0.410 e. The summed E-state index contributed by atoms with van der Waals surface area (Å²) in [7, 11) is 0. The zero-order chi connectivity index (χ0) is 46.6. The van der Waals surface area contributed by atoms with Gasteiger partial charge < -0.3 is 34.0 Å². The molecular weight excluding hydrogens is 839 g/mol. The molecule has 66 heavy (non-hydrogen) atoms. The second kappa shape index (κ2) is 22.4. The third kappa shape index (κ3) is 10.8. The topological polar surface area (TPSA) is 162 Å². The minimum Gasteiger partial charge on any atom is -0.459 e. The summed E-state index contributed by atoms with van der Waals surface area (Å²) in [5.74, 6) is -0.235. The van der Waals surface area contributed by atoms with Gasteiger partial charge in [0.05, 0.1) is 23.2 Å². The Labute approximate surface area is 387 Å². The number of aliphatic hydroxyl groups is 2. The van der Waals surface area contributed by atoms with Crippen LogP contribution in [0.5, 0.6) is 17.2 Å². The van der Waals surface area contributed by atoms with E-state index in [0.29, 0.717) is 54.3 Å². The van der Waals surface area contributed by atoms with Crippen LogP contribution in [0.25, 0.3) is 0 Å². The molecule has 1 fully saturated rings. The minimum absolute atomic E-state index is 0.0147. The van der Waals surface area contributed by atoms with Crippen molar-refractivity contribution in [2.45, 2.75) is 103 Å². The van der Waals surface area contributed by atoms with E-state index in [1.807, 2.05) is 67.6 Å². The van der Waals surface area contributed by atoms with Crippen molar-refractivity contribution in [3.05, 3.63) is 153 Å². The number of hydrogen-bond donors (Lipinski definition) is 2. The van der Waals surface area contributed by atoms with E-state index in [1.165, 1.54) is 17.7 Å². The van der Waals surface area contributed by atoms with Gasteiger partial charge in [-0.3, -0.25) is 15.0 Å². The number of benzene rings is 4. The number of amides is 1.